The van der Waals surface area contributed by atoms with Gasteiger partial charge in [-0.2, -0.15) is 0 Å². The third-order valence-corrected chi connectivity index (χ3v) is 3.80. The summed E-state index contributed by atoms with van der Waals surface area (Å²) in [7, 11) is 0. The maximum Gasteiger partial charge on any atom is 0.237 e. The van der Waals surface area contributed by atoms with Crippen LogP contribution in [0.5, 0.6) is 0 Å². The molecule has 1 aromatic rings. The van der Waals surface area contributed by atoms with Gasteiger partial charge in [0.15, 0.2) is 0 Å². The summed E-state index contributed by atoms with van der Waals surface area (Å²) < 4.78 is 0. The van der Waals surface area contributed by atoms with Gasteiger partial charge in [0.1, 0.15) is 0 Å². The minimum absolute atomic E-state index is 0.0266. The van der Waals surface area contributed by atoms with Crippen molar-refractivity contribution in [1.82, 2.24) is 0 Å². The first-order valence-electron chi connectivity index (χ1n) is 6.27. The zero-order chi connectivity index (χ0) is 13.5. The summed E-state index contributed by atoms with van der Waals surface area (Å²) in [5.41, 5.74) is 7.09. The second-order valence-corrected chi connectivity index (χ2v) is 6.26. The number of nitrogen functional groups attached to an aromatic ring is 1. The molecule has 0 saturated heterocycles. The van der Waals surface area contributed by atoms with E-state index in [1.165, 1.54) is 0 Å². The van der Waals surface area contributed by atoms with Crippen molar-refractivity contribution in [1.29, 1.82) is 0 Å². The lowest BCUT2D eigenvalue weighted by Gasteiger charge is -2.12. The third kappa shape index (κ3) is 5.45. The summed E-state index contributed by atoms with van der Waals surface area (Å²) in [5, 5.41) is 2.87. The molecule has 1 amide bonds. The van der Waals surface area contributed by atoms with E-state index in [9.17, 15) is 4.79 Å². The second kappa shape index (κ2) is 7.31. The third-order valence-electron chi connectivity index (χ3n) is 2.61. The minimum Gasteiger partial charge on any atom is -0.399 e. The van der Waals surface area contributed by atoms with Gasteiger partial charge in [0.05, 0.1) is 5.25 Å². The molecule has 0 heterocycles. The van der Waals surface area contributed by atoms with Crippen LogP contribution in [0.2, 0.25) is 0 Å². The lowest BCUT2D eigenvalue weighted by Crippen LogP contribution is -2.22. The summed E-state index contributed by atoms with van der Waals surface area (Å²) in [5.74, 6) is 1.76. The van der Waals surface area contributed by atoms with E-state index in [2.05, 4.69) is 19.2 Å². The Bertz CT molecular complexity index is 376. The molecule has 4 heteroatoms. The molecule has 3 N–H and O–H groups in total. The van der Waals surface area contributed by atoms with Gasteiger partial charge in [-0.15, -0.1) is 11.8 Å². The molecule has 0 bridgehead atoms. The van der Waals surface area contributed by atoms with Crippen LogP contribution in [0.1, 0.15) is 27.2 Å². The zero-order valence-electron chi connectivity index (χ0n) is 11.3. The molecule has 1 atom stereocenters. The summed E-state index contributed by atoms with van der Waals surface area (Å²) in [4.78, 5) is 11.9. The van der Waals surface area contributed by atoms with E-state index in [1.807, 2.05) is 19.1 Å². The Labute approximate surface area is 114 Å². The first-order chi connectivity index (χ1) is 8.49. The molecule has 1 aromatic carbocycles. The number of nitrogens with two attached hydrogens (primary N) is 1. The highest BCUT2D eigenvalue weighted by molar-refractivity contribution is 8.00. The average molecular weight is 266 g/mol. The Morgan fingerprint density at radius 1 is 1.28 bits per heavy atom. The summed E-state index contributed by atoms with van der Waals surface area (Å²) in [6, 6.07) is 7.20. The number of benzene rings is 1. The molecular formula is C14H22N2OS. The van der Waals surface area contributed by atoms with Crippen molar-refractivity contribution in [3.63, 3.8) is 0 Å². The quantitative estimate of drug-likeness (QED) is 0.776. The number of hydrogen-bond acceptors (Lipinski definition) is 3. The van der Waals surface area contributed by atoms with Gasteiger partial charge in [0.25, 0.3) is 0 Å². The molecule has 0 aromatic heterocycles. The summed E-state index contributed by atoms with van der Waals surface area (Å²) in [6.07, 6.45) is 1.14. The minimum atomic E-state index is -0.0266. The Kier molecular flexibility index (Phi) is 6.05. The fourth-order valence-electron chi connectivity index (χ4n) is 1.37. The van der Waals surface area contributed by atoms with Crippen LogP contribution in [-0.2, 0) is 4.79 Å². The molecular weight excluding hydrogens is 244 g/mol. The number of amides is 1. The zero-order valence-corrected chi connectivity index (χ0v) is 12.1. The van der Waals surface area contributed by atoms with Crippen molar-refractivity contribution in [3.8, 4) is 0 Å². The molecule has 0 aliphatic carbocycles. The number of hydrogen-bond donors (Lipinski definition) is 2. The van der Waals surface area contributed by atoms with Crippen molar-refractivity contribution >= 4 is 29.0 Å². The van der Waals surface area contributed by atoms with Gasteiger partial charge in [-0.1, -0.05) is 13.8 Å². The van der Waals surface area contributed by atoms with Gasteiger partial charge in [-0.25, -0.2) is 0 Å². The predicted molar refractivity (Wildman–Crippen MR) is 80.9 cm³/mol. The van der Waals surface area contributed by atoms with Crippen LogP contribution in [0.15, 0.2) is 24.3 Å². The number of thioether (sulfide) groups is 1. The van der Waals surface area contributed by atoms with Crippen LogP contribution in [0.3, 0.4) is 0 Å². The number of nitrogens with one attached hydrogen (secondary N) is 1. The van der Waals surface area contributed by atoms with Gasteiger partial charge in [0.2, 0.25) is 5.91 Å². The topological polar surface area (TPSA) is 55.1 Å². The molecule has 1 unspecified atom stereocenters. The van der Waals surface area contributed by atoms with E-state index >= 15 is 0 Å². The van der Waals surface area contributed by atoms with Crippen molar-refractivity contribution in [2.45, 2.75) is 32.4 Å². The largest absolute Gasteiger partial charge is 0.399 e. The normalized spacial score (nSPS) is 12.4. The first kappa shape index (κ1) is 14.9. The van der Waals surface area contributed by atoms with E-state index < -0.39 is 0 Å². The van der Waals surface area contributed by atoms with Gasteiger partial charge >= 0.3 is 0 Å². The van der Waals surface area contributed by atoms with E-state index in [0.717, 1.165) is 17.9 Å². The van der Waals surface area contributed by atoms with Gasteiger partial charge < -0.3 is 11.1 Å². The van der Waals surface area contributed by atoms with Gasteiger partial charge in [-0.3, -0.25) is 4.79 Å². The number of rotatable bonds is 6. The fraction of sp³-hybridized carbons (Fsp3) is 0.500. The monoisotopic (exact) mass is 266 g/mol. The lowest BCUT2D eigenvalue weighted by molar-refractivity contribution is -0.115. The Hall–Kier alpha value is -1.16. The molecule has 0 aliphatic heterocycles. The molecule has 18 heavy (non-hydrogen) atoms. The highest BCUT2D eigenvalue weighted by Crippen LogP contribution is 2.17. The molecule has 0 aliphatic rings. The summed E-state index contributed by atoms with van der Waals surface area (Å²) >= 11 is 1.70. The highest BCUT2D eigenvalue weighted by Gasteiger charge is 2.13. The molecule has 0 saturated carbocycles. The van der Waals surface area contributed by atoms with E-state index in [0.29, 0.717) is 11.6 Å². The van der Waals surface area contributed by atoms with Crippen LogP contribution in [0.25, 0.3) is 0 Å². The first-order valence-corrected chi connectivity index (χ1v) is 7.32. The molecule has 0 fully saturated rings. The maximum atomic E-state index is 11.9. The molecule has 0 radical (unpaired) electrons. The summed E-state index contributed by atoms with van der Waals surface area (Å²) in [6.45, 7) is 6.33. The predicted octanol–water partition coefficient (Wildman–Crippen LogP) is 3.38. The van der Waals surface area contributed by atoms with Crippen LogP contribution >= 0.6 is 11.8 Å². The number of anilines is 2. The maximum absolute atomic E-state index is 11.9. The highest BCUT2D eigenvalue weighted by atomic mass is 32.2. The second-order valence-electron chi connectivity index (χ2n) is 4.81. The Morgan fingerprint density at radius 2 is 1.89 bits per heavy atom. The number of carbonyl (C=O) groups excluding carboxylic acids is 1. The van der Waals surface area contributed by atoms with Crippen LogP contribution in [0.4, 0.5) is 11.4 Å². The molecule has 0 spiro atoms. The lowest BCUT2D eigenvalue weighted by atomic mass is 10.2. The van der Waals surface area contributed by atoms with Crippen molar-refractivity contribution in [2.24, 2.45) is 5.92 Å². The van der Waals surface area contributed by atoms with Gasteiger partial charge in [0, 0.05) is 11.4 Å². The van der Waals surface area contributed by atoms with Crippen LogP contribution < -0.4 is 11.1 Å². The Morgan fingerprint density at radius 3 is 2.44 bits per heavy atom. The SMILES string of the molecule is CC(C)CCSC(C)C(=O)Nc1ccc(N)cc1. The molecule has 3 nitrogen and oxygen atoms in total. The van der Waals surface area contributed by atoms with Crippen molar-refractivity contribution in [2.75, 3.05) is 16.8 Å². The Balaban J connectivity index is 2.37. The average Bonchev–Trinajstić information content (AvgIpc) is 2.31. The standard InChI is InChI=1S/C14H22N2OS/c1-10(2)8-9-18-11(3)14(17)16-13-6-4-12(15)5-7-13/h4-7,10-11H,8-9,15H2,1-3H3,(H,16,17). The van der Waals surface area contributed by atoms with E-state index in [4.69, 9.17) is 5.73 Å². The smallest absolute Gasteiger partial charge is 0.237 e. The molecule has 100 valence electrons. The van der Waals surface area contributed by atoms with Gasteiger partial charge in [-0.05, 0) is 49.3 Å². The van der Waals surface area contributed by atoms with E-state index in [-0.39, 0.29) is 11.2 Å². The van der Waals surface area contributed by atoms with Crippen molar-refractivity contribution < 1.29 is 4.79 Å². The van der Waals surface area contributed by atoms with Crippen LogP contribution in [-0.4, -0.2) is 16.9 Å². The van der Waals surface area contributed by atoms with E-state index in [1.54, 1.807) is 23.9 Å². The van der Waals surface area contributed by atoms with Crippen LogP contribution in [0, 0.1) is 5.92 Å². The fourth-order valence-corrected chi connectivity index (χ4v) is 2.54. The number of carbonyl (C=O) groups is 1. The van der Waals surface area contributed by atoms with Crippen molar-refractivity contribution in [3.05, 3.63) is 24.3 Å². The molecule has 1 rings (SSSR count).